The quantitative estimate of drug-likeness (QED) is 0.888. The molecule has 0 aromatic heterocycles. The minimum Gasteiger partial charge on any atom is -0.350 e. The average Bonchev–Trinajstić information content (AvgIpc) is 2.80. The number of carbonyl (C=O) groups is 2. The van der Waals surface area contributed by atoms with Gasteiger partial charge in [0.15, 0.2) is 0 Å². The Morgan fingerprint density at radius 1 is 1.50 bits per heavy atom. The molecule has 1 saturated heterocycles. The highest BCUT2D eigenvalue weighted by molar-refractivity contribution is 6.33. The average molecular weight is 328 g/mol. The van der Waals surface area contributed by atoms with Gasteiger partial charge in [0.2, 0.25) is 5.91 Å². The number of halogens is 2. The third-order valence-electron chi connectivity index (χ3n) is 3.74. The van der Waals surface area contributed by atoms with Crippen molar-refractivity contribution < 1.29 is 14.0 Å². The number of benzene rings is 1. The number of nitrogens with zero attached hydrogens (tertiary/aromatic N) is 2. The van der Waals surface area contributed by atoms with E-state index in [1.807, 2.05) is 19.0 Å². The zero-order valence-electron chi connectivity index (χ0n) is 12.6. The van der Waals surface area contributed by atoms with Crippen LogP contribution in [0.2, 0.25) is 5.02 Å². The molecular weight excluding hydrogens is 309 g/mol. The van der Waals surface area contributed by atoms with E-state index in [0.29, 0.717) is 19.6 Å². The number of likely N-dealkylation sites (N-methyl/N-ethyl adjacent to an activating group) is 1. The van der Waals surface area contributed by atoms with Crippen LogP contribution in [0.15, 0.2) is 18.2 Å². The van der Waals surface area contributed by atoms with Crippen LogP contribution in [0.1, 0.15) is 16.8 Å². The Bertz CT molecular complexity index is 580. The fraction of sp³-hybridized carbons (Fsp3) is 0.467. The van der Waals surface area contributed by atoms with Crippen LogP contribution in [0.25, 0.3) is 0 Å². The molecule has 2 rings (SSSR count). The van der Waals surface area contributed by atoms with E-state index in [2.05, 4.69) is 5.32 Å². The van der Waals surface area contributed by atoms with Gasteiger partial charge in [-0.2, -0.15) is 0 Å². The lowest BCUT2D eigenvalue weighted by atomic mass is 10.2. The smallest absolute Gasteiger partial charge is 0.252 e. The molecule has 1 fully saturated rings. The molecule has 1 aromatic rings. The summed E-state index contributed by atoms with van der Waals surface area (Å²) in [7, 11) is 3.76. The van der Waals surface area contributed by atoms with Crippen molar-refractivity contribution >= 4 is 23.4 Å². The molecule has 1 unspecified atom stereocenters. The highest BCUT2D eigenvalue weighted by atomic mass is 35.5. The maximum Gasteiger partial charge on any atom is 0.252 e. The second kappa shape index (κ2) is 7.07. The summed E-state index contributed by atoms with van der Waals surface area (Å²) in [5, 5.41) is 2.77. The maximum atomic E-state index is 12.9. The third-order valence-corrected chi connectivity index (χ3v) is 4.05. The van der Waals surface area contributed by atoms with Crippen LogP contribution >= 0.6 is 11.6 Å². The molecule has 1 heterocycles. The summed E-state index contributed by atoms with van der Waals surface area (Å²) in [6.07, 6.45) is 0.795. The molecular formula is C15H19ClFN3O2. The topological polar surface area (TPSA) is 52.6 Å². The summed E-state index contributed by atoms with van der Waals surface area (Å²) in [5.41, 5.74) is 0.224. The Morgan fingerprint density at radius 3 is 2.82 bits per heavy atom. The fourth-order valence-electron chi connectivity index (χ4n) is 2.50. The van der Waals surface area contributed by atoms with Gasteiger partial charge in [-0.15, -0.1) is 0 Å². The zero-order valence-corrected chi connectivity index (χ0v) is 13.4. The molecule has 1 atom stereocenters. The van der Waals surface area contributed by atoms with Gasteiger partial charge in [0.1, 0.15) is 5.82 Å². The summed E-state index contributed by atoms with van der Waals surface area (Å²) in [6, 6.07) is 3.55. The predicted octanol–water partition coefficient (Wildman–Crippen LogP) is 1.37. The highest BCUT2D eigenvalue weighted by Crippen LogP contribution is 2.17. The van der Waals surface area contributed by atoms with Crippen LogP contribution in [0.5, 0.6) is 0 Å². The van der Waals surface area contributed by atoms with Gasteiger partial charge < -0.3 is 10.2 Å². The van der Waals surface area contributed by atoms with Crippen LogP contribution in [-0.2, 0) is 4.79 Å². The largest absolute Gasteiger partial charge is 0.350 e. The van der Waals surface area contributed by atoms with E-state index in [1.165, 1.54) is 12.1 Å². The molecule has 120 valence electrons. The molecule has 0 spiro atoms. The van der Waals surface area contributed by atoms with Crippen molar-refractivity contribution in [3.63, 3.8) is 0 Å². The first-order chi connectivity index (χ1) is 10.4. The second-order valence-electron chi connectivity index (χ2n) is 5.47. The first-order valence-electron chi connectivity index (χ1n) is 7.08. The van der Waals surface area contributed by atoms with E-state index >= 15 is 0 Å². The first-order valence-corrected chi connectivity index (χ1v) is 7.46. The van der Waals surface area contributed by atoms with Crippen LogP contribution < -0.4 is 5.32 Å². The molecule has 1 aromatic carbocycles. The van der Waals surface area contributed by atoms with Crippen LogP contribution in [-0.4, -0.2) is 61.4 Å². The number of hydrogen-bond donors (Lipinski definition) is 1. The molecule has 1 aliphatic heterocycles. The van der Waals surface area contributed by atoms with E-state index < -0.39 is 5.82 Å². The SMILES string of the molecule is CN(C)C1CCN(CCNC(=O)c2ccc(F)cc2Cl)C1=O. The van der Waals surface area contributed by atoms with Crippen LogP contribution in [0.3, 0.4) is 0 Å². The lowest BCUT2D eigenvalue weighted by Crippen LogP contribution is -2.40. The van der Waals surface area contributed by atoms with Crippen LogP contribution in [0, 0.1) is 5.82 Å². The summed E-state index contributed by atoms with van der Waals surface area (Å²) in [6.45, 7) is 1.47. The van der Waals surface area contributed by atoms with Crippen molar-refractivity contribution in [1.29, 1.82) is 0 Å². The minimum absolute atomic E-state index is 0.0717. The van der Waals surface area contributed by atoms with E-state index in [4.69, 9.17) is 11.6 Å². The Hall–Kier alpha value is -1.66. The summed E-state index contributed by atoms with van der Waals surface area (Å²) in [5.74, 6) is -0.779. The Balaban J connectivity index is 1.84. The van der Waals surface area contributed by atoms with Crippen molar-refractivity contribution in [3.8, 4) is 0 Å². The van der Waals surface area contributed by atoms with E-state index in [9.17, 15) is 14.0 Å². The van der Waals surface area contributed by atoms with Gasteiger partial charge in [-0.3, -0.25) is 14.5 Å². The Kier molecular flexibility index (Phi) is 5.37. The van der Waals surface area contributed by atoms with Gasteiger partial charge in [0.25, 0.3) is 5.91 Å². The fourth-order valence-corrected chi connectivity index (χ4v) is 2.75. The number of amides is 2. The predicted molar refractivity (Wildman–Crippen MR) is 82.4 cm³/mol. The number of likely N-dealkylation sites (tertiary alicyclic amines) is 1. The molecule has 0 radical (unpaired) electrons. The third kappa shape index (κ3) is 3.75. The molecule has 1 aliphatic rings. The minimum atomic E-state index is -0.487. The molecule has 22 heavy (non-hydrogen) atoms. The zero-order chi connectivity index (χ0) is 16.3. The number of carbonyl (C=O) groups excluding carboxylic acids is 2. The molecule has 0 aliphatic carbocycles. The van der Waals surface area contributed by atoms with Crippen molar-refractivity contribution in [2.75, 3.05) is 33.7 Å². The highest BCUT2D eigenvalue weighted by Gasteiger charge is 2.32. The standard InChI is InChI=1S/C15H19ClFN3O2/c1-19(2)13-5-7-20(15(13)22)8-6-18-14(21)11-4-3-10(17)9-12(11)16/h3-4,9,13H,5-8H2,1-2H3,(H,18,21). The van der Waals surface area contributed by atoms with Gasteiger partial charge in [-0.25, -0.2) is 4.39 Å². The summed E-state index contributed by atoms with van der Waals surface area (Å²) in [4.78, 5) is 27.7. The van der Waals surface area contributed by atoms with Gasteiger partial charge in [0.05, 0.1) is 16.6 Å². The Labute approximate surface area is 134 Å². The molecule has 2 amide bonds. The lowest BCUT2D eigenvalue weighted by molar-refractivity contribution is -0.131. The van der Waals surface area contributed by atoms with Gasteiger partial charge >= 0.3 is 0 Å². The maximum absolute atomic E-state index is 12.9. The van der Waals surface area contributed by atoms with Gasteiger partial charge in [-0.1, -0.05) is 11.6 Å². The van der Waals surface area contributed by atoms with Crippen LogP contribution in [0.4, 0.5) is 4.39 Å². The van der Waals surface area contributed by atoms with Crippen molar-refractivity contribution in [2.45, 2.75) is 12.5 Å². The Morgan fingerprint density at radius 2 is 2.23 bits per heavy atom. The number of hydrogen-bond acceptors (Lipinski definition) is 3. The molecule has 5 nitrogen and oxygen atoms in total. The van der Waals surface area contributed by atoms with Crippen molar-refractivity contribution in [2.24, 2.45) is 0 Å². The summed E-state index contributed by atoms with van der Waals surface area (Å²) < 4.78 is 12.9. The number of rotatable bonds is 5. The summed E-state index contributed by atoms with van der Waals surface area (Å²) >= 11 is 5.84. The van der Waals surface area contributed by atoms with E-state index in [1.54, 1.807) is 4.90 Å². The monoisotopic (exact) mass is 327 g/mol. The van der Waals surface area contributed by atoms with E-state index in [-0.39, 0.29) is 28.4 Å². The van der Waals surface area contributed by atoms with Crippen molar-refractivity contribution in [1.82, 2.24) is 15.1 Å². The second-order valence-corrected chi connectivity index (χ2v) is 5.88. The normalized spacial score (nSPS) is 18.1. The lowest BCUT2D eigenvalue weighted by Gasteiger charge is -2.20. The van der Waals surface area contributed by atoms with Crippen molar-refractivity contribution in [3.05, 3.63) is 34.6 Å². The van der Waals surface area contributed by atoms with E-state index in [0.717, 1.165) is 12.5 Å². The molecule has 0 saturated carbocycles. The van der Waals surface area contributed by atoms with Gasteiger partial charge in [0, 0.05) is 19.6 Å². The van der Waals surface area contributed by atoms with Gasteiger partial charge in [-0.05, 0) is 38.7 Å². The molecule has 7 heteroatoms. The first kappa shape index (κ1) is 16.7. The molecule has 0 bridgehead atoms. The molecule has 1 N–H and O–H groups in total. The number of nitrogens with one attached hydrogen (secondary N) is 1.